The average Bonchev–Trinajstić information content (AvgIpc) is 3.11. The third kappa shape index (κ3) is 5.99. The Morgan fingerprint density at radius 2 is 1.88 bits per heavy atom. The highest BCUT2D eigenvalue weighted by molar-refractivity contribution is 8.00. The molecule has 3 rings (SSSR count). The van der Waals surface area contributed by atoms with E-state index in [4.69, 9.17) is 14.6 Å². The van der Waals surface area contributed by atoms with Crippen molar-refractivity contribution < 1.29 is 42.4 Å². The number of hydrogen-bond donors (Lipinski definition) is 2. The quantitative estimate of drug-likeness (QED) is 0.579. The zero-order valence-electron chi connectivity index (χ0n) is 17.0. The van der Waals surface area contributed by atoms with E-state index in [1.165, 1.54) is 43.1 Å². The topological polar surface area (TPSA) is 88.5 Å². The summed E-state index contributed by atoms with van der Waals surface area (Å²) in [6.07, 6.45) is -5.85. The SMILES string of the molecule is COc1cccc(OCC(O)CO)c1[C@H]1SCC(=O)N1Cc1ccc(OC(F)(F)F)cc1. The van der Waals surface area contributed by atoms with Crippen molar-refractivity contribution >= 4 is 17.7 Å². The van der Waals surface area contributed by atoms with Crippen molar-refractivity contribution in [3.8, 4) is 17.2 Å². The Hall–Kier alpha value is -2.63. The maximum Gasteiger partial charge on any atom is 0.573 e. The van der Waals surface area contributed by atoms with E-state index in [-0.39, 0.29) is 30.6 Å². The predicted molar refractivity (Wildman–Crippen MR) is 110 cm³/mol. The van der Waals surface area contributed by atoms with Crippen LogP contribution in [0.1, 0.15) is 16.5 Å². The van der Waals surface area contributed by atoms with E-state index in [1.807, 2.05) is 0 Å². The van der Waals surface area contributed by atoms with Crippen LogP contribution >= 0.6 is 11.8 Å². The number of carbonyl (C=O) groups excluding carboxylic acids is 1. The summed E-state index contributed by atoms with van der Waals surface area (Å²) in [7, 11) is 1.48. The number of nitrogens with zero attached hydrogens (tertiary/aromatic N) is 1. The van der Waals surface area contributed by atoms with Crippen LogP contribution in [0.3, 0.4) is 0 Å². The number of rotatable bonds is 9. The van der Waals surface area contributed by atoms with Crippen molar-refractivity contribution in [2.75, 3.05) is 26.1 Å². The third-order valence-corrected chi connectivity index (χ3v) is 5.83. The number of benzene rings is 2. The van der Waals surface area contributed by atoms with Crippen LogP contribution in [0, 0.1) is 0 Å². The summed E-state index contributed by atoms with van der Waals surface area (Å²) in [6.45, 7) is -0.460. The Labute approximate surface area is 186 Å². The van der Waals surface area contributed by atoms with E-state index >= 15 is 0 Å². The van der Waals surface area contributed by atoms with Crippen LogP contribution in [0.25, 0.3) is 0 Å². The Morgan fingerprint density at radius 1 is 1.19 bits per heavy atom. The first kappa shape index (κ1) is 24.0. The molecule has 0 bridgehead atoms. The predicted octanol–water partition coefficient (Wildman–Crippen LogP) is 3.10. The number of methoxy groups -OCH3 is 1. The minimum atomic E-state index is -4.78. The van der Waals surface area contributed by atoms with Crippen LogP contribution in [0.5, 0.6) is 17.2 Å². The van der Waals surface area contributed by atoms with Gasteiger partial charge < -0.3 is 29.3 Å². The highest BCUT2D eigenvalue weighted by atomic mass is 32.2. The van der Waals surface area contributed by atoms with Gasteiger partial charge in [-0.3, -0.25) is 4.79 Å². The smallest absolute Gasteiger partial charge is 0.496 e. The first-order chi connectivity index (χ1) is 15.2. The van der Waals surface area contributed by atoms with Crippen molar-refractivity contribution in [1.82, 2.24) is 4.90 Å². The largest absolute Gasteiger partial charge is 0.573 e. The second-order valence-corrected chi connectivity index (χ2v) is 7.96. The number of alkyl halides is 3. The monoisotopic (exact) mass is 473 g/mol. The van der Waals surface area contributed by atoms with Gasteiger partial charge in [-0.1, -0.05) is 18.2 Å². The Balaban J connectivity index is 1.84. The number of thioether (sulfide) groups is 1. The van der Waals surface area contributed by atoms with Crippen LogP contribution in [-0.2, 0) is 11.3 Å². The number of halogens is 3. The van der Waals surface area contributed by atoms with E-state index < -0.39 is 24.4 Å². The Kier molecular flexibility index (Phi) is 7.75. The van der Waals surface area contributed by atoms with Crippen molar-refractivity contribution in [2.45, 2.75) is 24.4 Å². The molecule has 1 fully saturated rings. The summed E-state index contributed by atoms with van der Waals surface area (Å²) in [5.41, 5.74) is 1.21. The van der Waals surface area contributed by atoms with Crippen molar-refractivity contribution in [3.05, 3.63) is 53.6 Å². The zero-order valence-corrected chi connectivity index (χ0v) is 17.9. The molecule has 174 valence electrons. The van der Waals surface area contributed by atoms with Gasteiger partial charge in [0.25, 0.3) is 0 Å². The number of aliphatic hydroxyl groups excluding tert-OH is 2. The molecule has 1 aliphatic heterocycles. The molecule has 11 heteroatoms. The lowest BCUT2D eigenvalue weighted by atomic mass is 10.1. The lowest BCUT2D eigenvalue weighted by Crippen LogP contribution is -2.28. The van der Waals surface area contributed by atoms with Crippen LogP contribution in [0.15, 0.2) is 42.5 Å². The second kappa shape index (κ2) is 10.3. The minimum Gasteiger partial charge on any atom is -0.496 e. The third-order valence-electron chi connectivity index (χ3n) is 4.61. The number of amides is 1. The summed E-state index contributed by atoms with van der Waals surface area (Å²) in [5.74, 6) is 0.581. The molecule has 0 aliphatic carbocycles. The molecule has 1 saturated heterocycles. The highest BCUT2D eigenvalue weighted by Crippen LogP contribution is 2.47. The number of ether oxygens (including phenoxy) is 3. The first-order valence-corrected chi connectivity index (χ1v) is 10.6. The molecule has 0 saturated carbocycles. The molecule has 2 aromatic carbocycles. The highest BCUT2D eigenvalue weighted by Gasteiger charge is 2.37. The average molecular weight is 473 g/mol. The molecule has 1 unspecified atom stereocenters. The van der Waals surface area contributed by atoms with E-state index in [0.29, 0.717) is 22.6 Å². The molecule has 0 aromatic heterocycles. The molecule has 0 radical (unpaired) electrons. The number of hydrogen-bond acceptors (Lipinski definition) is 7. The molecule has 1 aliphatic rings. The fourth-order valence-electron chi connectivity index (χ4n) is 3.17. The number of aliphatic hydroxyl groups is 2. The maximum atomic E-state index is 12.6. The van der Waals surface area contributed by atoms with Crippen molar-refractivity contribution in [1.29, 1.82) is 0 Å². The summed E-state index contributed by atoms with van der Waals surface area (Å²) in [6, 6.07) is 10.4. The Bertz CT molecular complexity index is 925. The summed E-state index contributed by atoms with van der Waals surface area (Å²) in [5, 5.41) is 18.2. The Morgan fingerprint density at radius 3 is 2.50 bits per heavy atom. The van der Waals surface area contributed by atoms with E-state index in [0.717, 1.165) is 0 Å². The molecule has 1 amide bonds. The fourth-order valence-corrected chi connectivity index (χ4v) is 4.40. The summed E-state index contributed by atoms with van der Waals surface area (Å²) < 4.78 is 52.1. The molecular weight excluding hydrogens is 451 g/mol. The summed E-state index contributed by atoms with van der Waals surface area (Å²) in [4.78, 5) is 14.2. The van der Waals surface area contributed by atoms with Gasteiger partial charge in [0.05, 0.1) is 25.0 Å². The molecule has 2 atom stereocenters. The van der Waals surface area contributed by atoms with Gasteiger partial charge in [-0.2, -0.15) is 0 Å². The maximum absolute atomic E-state index is 12.6. The standard InChI is InChI=1S/C21H22F3NO6S/c1-29-16-3-2-4-17(30-11-14(27)10-26)19(16)20-25(18(28)12-32-20)9-13-5-7-15(8-6-13)31-21(22,23)24/h2-8,14,20,26-27H,9-12H2,1H3/t14?,20-/m1/s1. The van der Waals surface area contributed by atoms with Gasteiger partial charge in [0.15, 0.2) is 0 Å². The van der Waals surface area contributed by atoms with Gasteiger partial charge in [0, 0.05) is 6.54 Å². The second-order valence-electron chi connectivity index (χ2n) is 6.90. The fraction of sp³-hybridized carbons (Fsp3) is 0.381. The number of carbonyl (C=O) groups is 1. The zero-order chi connectivity index (χ0) is 23.3. The van der Waals surface area contributed by atoms with E-state index in [2.05, 4.69) is 4.74 Å². The van der Waals surface area contributed by atoms with Crippen molar-refractivity contribution in [3.63, 3.8) is 0 Å². The van der Waals surface area contributed by atoms with Crippen LogP contribution < -0.4 is 14.2 Å². The normalized spacial score (nSPS) is 17.4. The van der Waals surface area contributed by atoms with Crippen LogP contribution in [-0.4, -0.2) is 59.6 Å². The molecule has 32 heavy (non-hydrogen) atoms. The van der Waals surface area contributed by atoms with Gasteiger partial charge in [-0.25, -0.2) is 0 Å². The van der Waals surface area contributed by atoms with Crippen LogP contribution in [0.2, 0.25) is 0 Å². The van der Waals surface area contributed by atoms with E-state index in [1.54, 1.807) is 23.1 Å². The van der Waals surface area contributed by atoms with Gasteiger partial charge in [-0.05, 0) is 29.8 Å². The lowest BCUT2D eigenvalue weighted by molar-refractivity contribution is -0.274. The van der Waals surface area contributed by atoms with Gasteiger partial charge in [-0.15, -0.1) is 24.9 Å². The molecule has 0 spiro atoms. The van der Waals surface area contributed by atoms with Crippen LogP contribution in [0.4, 0.5) is 13.2 Å². The summed E-state index contributed by atoms with van der Waals surface area (Å²) >= 11 is 1.36. The molecule has 1 heterocycles. The minimum absolute atomic E-state index is 0.150. The van der Waals surface area contributed by atoms with Crippen molar-refractivity contribution in [2.24, 2.45) is 0 Å². The first-order valence-electron chi connectivity index (χ1n) is 9.56. The molecule has 2 N–H and O–H groups in total. The van der Waals surface area contributed by atoms with E-state index in [9.17, 15) is 23.1 Å². The molecule has 2 aromatic rings. The van der Waals surface area contributed by atoms with Gasteiger partial charge in [0.2, 0.25) is 5.91 Å². The van der Waals surface area contributed by atoms with Gasteiger partial charge in [0.1, 0.15) is 35.3 Å². The lowest BCUT2D eigenvalue weighted by Gasteiger charge is -2.27. The molecular formula is C21H22F3NO6S. The molecule has 7 nitrogen and oxygen atoms in total. The van der Waals surface area contributed by atoms with Gasteiger partial charge >= 0.3 is 6.36 Å².